The molecule has 0 aliphatic heterocycles. The molecule has 0 spiro atoms. The van der Waals surface area contributed by atoms with Gasteiger partial charge in [0.2, 0.25) is 10.0 Å². The summed E-state index contributed by atoms with van der Waals surface area (Å²) in [5.41, 5.74) is 0. The van der Waals surface area contributed by atoms with Crippen LogP contribution in [0.2, 0.25) is 0 Å². The predicted molar refractivity (Wildman–Crippen MR) is 68.3 cm³/mol. The number of sulfonamides is 1. The van der Waals surface area contributed by atoms with Gasteiger partial charge in [-0.3, -0.25) is 0 Å². The van der Waals surface area contributed by atoms with Gasteiger partial charge in [-0.15, -0.1) is 0 Å². The van der Waals surface area contributed by atoms with Gasteiger partial charge in [0.05, 0.1) is 25.1 Å². The van der Waals surface area contributed by atoms with Crippen LogP contribution in [-0.2, 0) is 19.5 Å². The summed E-state index contributed by atoms with van der Waals surface area (Å²) in [5.74, 6) is -0.0403. The Hall–Kier alpha value is -0.170. The van der Waals surface area contributed by atoms with E-state index >= 15 is 0 Å². The topological polar surface area (TPSA) is 78.6 Å². The lowest BCUT2D eigenvalue weighted by molar-refractivity contribution is -0.0155. The summed E-state index contributed by atoms with van der Waals surface area (Å²) < 4.78 is 32.8. The van der Waals surface area contributed by atoms with E-state index in [0.717, 1.165) is 12.8 Å². The molecule has 0 aromatic carbocycles. The summed E-state index contributed by atoms with van der Waals surface area (Å²) in [6.45, 7) is 7.45. The Morgan fingerprint density at radius 1 is 1.24 bits per heavy atom. The van der Waals surface area contributed by atoms with E-state index in [1.807, 2.05) is 20.8 Å². The second-order valence-electron chi connectivity index (χ2n) is 4.29. The van der Waals surface area contributed by atoms with Crippen LogP contribution in [0.25, 0.3) is 0 Å². The molecule has 0 amide bonds. The SMILES string of the molecule is CCCC(COC(C)COCC)CS(N)(=O)=O. The Morgan fingerprint density at radius 3 is 2.35 bits per heavy atom. The number of rotatable bonds is 10. The fourth-order valence-electron chi connectivity index (χ4n) is 1.58. The van der Waals surface area contributed by atoms with Gasteiger partial charge in [-0.1, -0.05) is 13.3 Å². The van der Waals surface area contributed by atoms with Crippen LogP contribution in [0.15, 0.2) is 0 Å². The zero-order chi connectivity index (χ0) is 13.3. The van der Waals surface area contributed by atoms with Crippen molar-refractivity contribution in [3.8, 4) is 0 Å². The molecule has 0 saturated carbocycles. The van der Waals surface area contributed by atoms with Crippen LogP contribution in [0, 0.1) is 5.92 Å². The molecule has 0 aliphatic carbocycles. The van der Waals surface area contributed by atoms with Crippen LogP contribution in [0.3, 0.4) is 0 Å². The number of primary sulfonamides is 1. The number of hydrogen-bond acceptors (Lipinski definition) is 4. The normalized spacial score (nSPS) is 15.8. The summed E-state index contributed by atoms with van der Waals surface area (Å²) in [6, 6.07) is 0. The van der Waals surface area contributed by atoms with Gasteiger partial charge in [-0.25, -0.2) is 13.6 Å². The highest BCUT2D eigenvalue weighted by atomic mass is 32.2. The van der Waals surface area contributed by atoms with E-state index < -0.39 is 10.0 Å². The molecule has 0 fully saturated rings. The monoisotopic (exact) mass is 267 g/mol. The number of ether oxygens (including phenoxy) is 2. The third kappa shape index (κ3) is 10.7. The minimum Gasteiger partial charge on any atom is -0.379 e. The minimum atomic E-state index is -3.42. The molecule has 5 nitrogen and oxygen atoms in total. The molecule has 17 heavy (non-hydrogen) atoms. The summed E-state index contributed by atoms with van der Waals surface area (Å²) in [6.07, 6.45) is 1.70. The van der Waals surface area contributed by atoms with E-state index in [4.69, 9.17) is 14.6 Å². The van der Waals surface area contributed by atoms with E-state index in [2.05, 4.69) is 0 Å². The van der Waals surface area contributed by atoms with E-state index in [1.165, 1.54) is 0 Å². The van der Waals surface area contributed by atoms with Crippen LogP contribution in [-0.4, -0.2) is 40.1 Å². The first-order valence-electron chi connectivity index (χ1n) is 6.08. The first kappa shape index (κ1) is 16.8. The maximum absolute atomic E-state index is 11.0. The van der Waals surface area contributed by atoms with Gasteiger partial charge in [-0.2, -0.15) is 0 Å². The maximum Gasteiger partial charge on any atom is 0.209 e. The van der Waals surface area contributed by atoms with Gasteiger partial charge >= 0.3 is 0 Å². The van der Waals surface area contributed by atoms with E-state index in [0.29, 0.717) is 19.8 Å². The molecule has 0 bridgehead atoms. The molecule has 2 N–H and O–H groups in total. The lowest BCUT2D eigenvalue weighted by atomic mass is 10.1. The van der Waals surface area contributed by atoms with Gasteiger partial charge < -0.3 is 9.47 Å². The molecule has 0 aromatic rings. The second-order valence-corrected chi connectivity index (χ2v) is 5.95. The third-order valence-electron chi connectivity index (χ3n) is 2.34. The molecule has 0 aromatic heterocycles. The molecule has 2 atom stereocenters. The number of hydrogen-bond donors (Lipinski definition) is 1. The average molecular weight is 267 g/mol. The predicted octanol–water partition coefficient (Wildman–Crippen LogP) is 1.13. The van der Waals surface area contributed by atoms with Crippen molar-refractivity contribution in [2.45, 2.75) is 39.7 Å². The largest absolute Gasteiger partial charge is 0.379 e. The standard InChI is InChI=1S/C11H25NO4S/c1-4-6-11(9-17(12,13)14)8-16-10(3)7-15-5-2/h10-11H,4-9H2,1-3H3,(H2,12,13,14). The quantitative estimate of drug-likeness (QED) is 0.643. The summed E-state index contributed by atoms with van der Waals surface area (Å²) in [4.78, 5) is 0. The zero-order valence-electron chi connectivity index (χ0n) is 11.0. The molecular formula is C11H25NO4S. The molecule has 0 heterocycles. The molecule has 2 unspecified atom stereocenters. The molecular weight excluding hydrogens is 242 g/mol. The van der Waals surface area contributed by atoms with Crippen molar-refractivity contribution < 1.29 is 17.9 Å². The fourth-order valence-corrected chi connectivity index (χ4v) is 2.50. The van der Waals surface area contributed by atoms with E-state index in [9.17, 15) is 8.42 Å². The Bertz CT molecular complexity index is 279. The molecule has 0 aliphatic rings. The lowest BCUT2D eigenvalue weighted by Gasteiger charge is -2.19. The van der Waals surface area contributed by atoms with E-state index in [1.54, 1.807) is 0 Å². The summed E-state index contributed by atoms with van der Waals surface area (Å²) >= 11 is 0. The highest BCUT2D eigenvalue weighted by Gasteiger charge is 2.16. The van der Waals surface area contributed by atoms with Crippen molar-refractivity contribution in [3.63, 3.8) is 0 Å². The van der Waals surface area contributed by atoms with Crippen LogP contribution >= 0.6 is 0 Å². The van der Waals surface area contributed by atoms with Crippen molar-refractivity contribution in [3.05, 3.63) is 0 Å². The van der Waals surface area contributed by atoms with Crippen molar-refractivity contribution in [1.82, 2.24) is 0 Å². The van der Waals surface area contributed by atoms with Crippen molar-refractivity contribution >= 4 is 10.0 Å². The second kappa shape index (κ2) is 8.85. The van der Waals surface area contributed by atoms with Crippen molar-refractivity contribution in [2.75, 3.05) is 25.6 Å². The summed E-state index contributed by atoms with van der Waals surface area (Å²) in [5, 5.41) is 5.05. The average Bonchev–Trinajstić information content (AvgIpc) is 2.21. The molecule has 6 heteroatoms. The van der Waals surface area contributed by atoms with Gasteiger partial charge in [0.1, 0.15) is 0 Å². The maximum atomic E-state index is 11.0. The Labute approximate surface area is 105 Å². The third-order valence-corrected chi connectivity index (χ3v) is 3.27. The first-order chi connectivity index (χ1) is 7.89. The van der Waals surface area contributed by atoms with E-state index in [-0.39, 0.29) is 17.8 Å². The van der Waals surface area contributed by atoms with Crippen molar-refractivity contribution in [1.29, 1.82) is 0 Å². The highest BCUT2D eigenvalue weighted by molar-refractivity contribution is 7.89. The van der Waals surface area contributed by atoms with Gasteiger partial charge in [0.25, 0.3) is 0 Å². The Morgan fingerprint density at radius 2 is 1.88 bits per heavy atom. The van der Waals surface area contributed by atoms with Gasteiger partial charge in [0, 0.05) is 6.61 Å². The first-order valence-corrected chi connectivity index (χ1v) is 7.80. The van der Waals surface area contributed by atoms with Crippen LogP contribution in [0.5, 0.6) is 0 Å². The van der Waals surface area contributed by atoms with Crippen LogP contribution in [0.1, 0.15) is 33.6 Å². The lowest BCUT2D eigenvalue weighted by Crippen LogP contribution is -2.28. The minimum absolute atomic E-state index is 0.0117. The van der Waals surface area contributed by atoms with Crippen LogP contribution < -0.4 is 5.14 Å². The van der Waals surface area contributed by atoms with Crippen molar-refractivity contribution in [2.24, 2.45) is 11.1 Å². The fraction of sp³-hybridized carbons (Fsp3) is 1.00. The smallest absolute Gasteiger partial charge is 0.209 e. The molecule has 0 radical (unpaired) electrons. The van der Waals surface area contributed by atoms with Gasteiger partial charge in [0.15, 0.2) is 0 Å². The molecule has 0 saturated heterocycles. The Balaban J connectivity index is 3.99. The Kier molecular flexibility index (Phi) is 8.77. The highest BCUT2D eigenvalue weighted by Crippen LogP contribution is 2.10. The molecule has 104 valence electrons. The van der Waals surface area contributed by atoms with Crippen LogP contribution in [0.4, 0.5) is 0 Å². The summed E-state index contributed by atoms with van der Waals surface area (Å²) in [7, 11) is -3.42. The zero-order valence-corrected chi connectivity index (χ0v) is 11.8. The van der Waals surface area contributed by atoms with Gasteiger partial charge in [-0.05, 0) is 26.2 Å². The number of nitrogens with two attached hydrogens (primary N) is 1. The molecule has 0 rings (SSSR count).